The average Bonchev–Trinajstić information content (AvgIpc) is 2.06. The molecular weight excluding hydrogens is 183 g/mol. The number of hydrogen-bond acceptors (Lipinski definition) is 2. The van der Waals surface area contributed by atoms with Gasteiger partial charge in [0.2, 0.25) is 0 Å². The number of hydrazine groups is 1. The third-order valence-electron chi connectivity index (χ3n) is 1.37. The van der Waals surface area contributed by atoms with Crippen LogP contribution in [0.4, 0.5) is 0 Å². The average molecular weight is 203 g/mol. The molecule has 0 fully saturated rings. The largest absolute Gasteiger partial charge is 0.271 e. The van der Waals surface area contributed by atoms with E-state index in [0.29, 0.717) is 0 Å². The Balaban J connectivity index is 0. The third kappa shape index (κ3) is 12.1. The van der Waals surface area contributed by atoms with E-state index in [2.05, 4.69) is 24.5 Å². The number of aryl methyl sites for hydroxylation is 1. The van der Waals surface area contributed by atoms with E-state index in [-0.39, 0.29) is 35.1 Å². The molecule has 1 aromatic carbocycles. The quantitative estimate of drug-likeness (QED) is 0.384. The van der Waals surface area contributed by atoms with E-state index in [4.69, 9.17) is 5.84 Å². The normalized spacial score (nSPS) is 9.50. The van der Waals surface area contributed by atoms with E-state index in [9.17, 15) is 0 Å². The van der Waals surface area contributed by atoms with Gasteiger partial charge in [0.05, 0.1) is 0 Å². The Labute approximate surface area is 110 Å². The van der Waals surface area contributed by atoms with Gasteiger partial charge in [0.1, 0.15) is 0 Å². The van der Waals surface area contributed by atoms with Crippen LogP contribution in [-0.2, 0) is 0 Å². The summed E-state index contributed by atoms with van der Waals surface area (Å²) in [5, 5.41) is 0. The van der Waals surface area contributed by atoms with E-state index >= 15 is 0 Å². The fraction of sp³-hybridized carbons (Fsp3) is 0.455. The van der Waals surface area contributed by atoms with Crippen molar-refractivity contribution in [3.05, 3.63) is 35.9 Å². The molecule has 0 aliphatic rings. The standard InChI is InChI=1S/C7H8.C4H12N2.Na/c1-7-5-3-2-4-6-7;1-4(2,3)6-5;/h2-6H,1H3;6H,5H2,1-3H3;. The van der Waals surface area contributed by atoms with Crippen LogP contribution < -0.4 is 11.3 Å². The molecule has 0 aliphatic heterocycles. The van der Waals surface area contributed by atoms with Crippen LogP contribution >= 0.6 is 0 Å². The summed E-state index contributed by atoms with van der Waals surface area (Å²) >= 11 is 0. The molecule has 75 valence electrons. The first-order valence-corrected chi connectivity index (χ1v) is 4.45. The topological polar surface area (TPSA) is 38.0 Å². The maximum atomic E-state index is 5.06. The smallest absolute Gasteiger partial charge is 0.0236 e. The van der Waals surface area contributed by atoms with Crippen LogP contribution in [0.25, 0.3) is 0 Å². The number of rotatable bonds is 0. The zero-order valence-electron chi connectivity index (χ0n) is 9.96. The van der Waals surface area contributed by atoms with Crippen molar-refractivity contribution in [2.45, 2.75) is 33.2 Å². The first kappa shape index (κ1) is 16.6. The van der Waals surface area contributed by atoms with Gasteiger partial charge in [-0.15, -0.1) is 0 Å². The number of nitrogens with one attached hydrogen (secondary N) is 1. The summed E-state index contributed by atoms with van der Waals surface area (Å²) in [5.41, 5.74) is 4.00. The van der Waals surface area contributed by atoms with Crippen LogP contribution in [0.2, 0.25) is 0 Å². The molecule has 0 spiro atoms. The molecule has 1 radical (unpaired) electrons. The predicted octanol–water partition coefficient (Wildman–Crippen LogP) is 1.86. The van der Waals surface area contributed by atoms with E-state index in [0.717, 1.165) is 0 Å². The van der Waals surface area contributed by atoms with E-state index < -0.39 is 0 Å². The summed E-state index contributed by atoms with van der Waals surface area (Å²) in [6, 6.07) is 10.3. The van der Waals surface area contributed by atoms with Gasteiger partial charge in [0.25, 0.3) is 0 Å². The molecule has 0 aromatic heterocycles. The molecule has 3 heteroatoms. The fourth-order valence-electron chi connectivity index (χ4n) is 0.534. The van der Waals surface area contributed by atoms with Crippen molar-refractivity contribution in [3.63, 3.8) is 0 Å². The summed E-state index contributed by atoms with van der Waals surface area (Å²) < 4.78 is 0. The van der Waals surface area contributed by atoms with Crippen molar-refractivity contribution in [1.29, 1.82) is 0 Å². The van der Waals surface area contributed by atoms with Gasteiger partial charge in [0.15, 0.2) is 0 Å². The van der Waals surface area contributed by atoms with Crippen molar-refractivity contribution in [1.82, 2.24) is 5.43 Å². The Morgan fingerprint density at radius 1 is 1.07 bits per heavy atom. The van der Waals surface area contributed by atoms with E-state index in [1.165, 1.54) is 5.56 Å². The van der Waals surface area contributed by atoms with Gasteiger partial charge in [-0.1, -0.05) is 35.9 Å². The minimum atomic E-state index is 0. The second-order valence-corrected chi connectivity index (χ2v) is 4.05. The Bertz CT molecular complexity index is 216. The first-order valence-electron chi connectivity index (χ1n) is 4.45. The molecule has 3 N–H and O–H groups in total. The zero-order valence-corrected chi connectivity index (χ0v) is 12.0. The molecular formula is C11H20N2Na. The van der Waals surface area contributed by atoms with Crippen molar-refractivity contribution in [3.8, 4) is 0 Å². The summed E-state index contributed by atoms with van der Waals surface area (Å²) in [5.74, 6) is 5.06. The van der Waals surface area contributed by atoms with E-state index in [1.807, 2.05) is 39.0 Å². The monoisotopic (exact) mass is 203 g/mol. The zero-order chi connectivity index (χ0) is 10.3. The SMILES string of the molecule is CC(C)(C)NN.Cc1ccccc1.[Na]. The van der Waals surface area contributed by atoms with Gasteiger partial charge in [-0.2, -0.15) is 0 Å². The van der Waals surface area contributed by atoms with Crippen molar-refractivity contribution >= 4 is 29.6 Å². The molecule has 1 rings (SSSR count). The summed E-state index contributed by atoms with van der Waals surface area (Å²) in [7, 11) is 0. The van der Waals surface area contributed by atoms with Crippen LogP contribution in [0.1, 0.15) is 26.3 Å². The van der Waals surface area contributed by atoms with Gasteiger partial charge in [0, 0.05) is 35.1 Å². The van der Waals surface area contributed by atoms with Gasteiger partial charge in [-0.05, 0) is 27.7 Å². The Hall–Kier alpha value is 0.140. The van der Waals surface area contributed by atoms with Crippen molar-refractivity contribution in [2.24, 2.45) is 5.84 Å². The molecule has 0 atom stereocenters. The van der Waals surface area contributed by atoms with Gasteiger partial charge >= 0.3 is 0 Å². The Morgan fingerprint density at radius 2 is 1.43 bits per heavy atom. The number of hydrogen-bond donors (Lipinski definition) is 2. The van der Waals surface area contributed by atoms with Gasteiger partial charge in [-0.25, -0.2) is 0 Å². The molecule has 0 saturated carbocycles. The van der Waals surface area contributed by atoms with Crippen LogP contribution in [0.15, 0.2) is 30.3 Å². The molecule has 0 amide bonds. The molecule has 0 aliphatic carbocycles. The van der Waals surface area contributed by atoms with E-state index in [1.54, 1.807) is 0 Å². The maximum Gasteiger partial charge on any atom is 0.0236 e. The summed E-state index contributed by atoms with van der Waals surface area (Å²) in [4.78, 5) is 0. The Kier molecular flexibility index (Phi) is 10.00. The second-order valence-electron chi connectivity index (χ2n) is 4.05. The summed E-state index contributed by atoms with van der Waals surface area (Å²) in [6.07, 6.45) is 0. The fourth-order valence-corrected chi connectivity index (χ4v) is 0.534. The third-order valence-corrected chi connectivity index (χ3v) is 1.37. The summed E-state index contributed by atoms with van der Waals surface area (Å²) in [6.45, 7) is 8.10. The van der Waals surface area contributed by atoms with Crippen LogP contribution in [-0.4, -0.2) is 35.1 Å². The molecule has 0 saturated heterocycles. The van der Waals surface area contributed by atoms with Gasteiger partial charge in [-0.3, -0.25) is 11.3 Å². The second kappa shape index (κ2) is 8.45. The maximum absolute atomic E-state index is 5.06. The predicted molar refractivity (Wildman–Crippen MR) is 64.0 cm³/mol. The Morgan fingerprint density at radius 3 is 1.57 bits per heavy atom. The molecule has 0 bridgehead atoms. The van der Waals surface area contributed by atoms with Crippen LogP contribution in [0.5, 0.6) is 0 Å². The van der Waals surface area contributed by atoms with Crippen LogP contribution in [0.3, 0.4) is 0 Å². The molecule has 0 heterocycles. The van der Waals surface area contributed by atoms with Crippen molar-refractivity contribution < 1.29 is 0 Å². The molecule has 14 heavy (non-hydrogen) atoms. The molecule has 1 aromatic rings. The van der Waals surface area contributed by atoms with Crippen molar-refractivity contribution in [2.75, 3.05) is 0 Å². The van der Waals surface area contributed by atoms with Crippen LogP contribution in [0, 0.1) is 6.92 Å². The molecule has 2 nitrogen and oxygen atoms in total. The van der Waals surface area contributed by atoms with Gasteiger partial charge < -0.3 is 0 Å². The first-order chi connectivity index (χ1) is 5.95. The number of benzene rings is 1. The minimum Gasteiger partial charge on any atom is -0.271 e. The number of nitrogens with two attached hydrogens (primary N) is 1. The minimum absolute atomic E-state index is 0. The molecule has 0 unspecified atom stereocenters.